The maximum atomic E-state index is 12.3. The fourth-order valence-corrected chi connectivity index (χ4v) is 2.49. The molecule has 0 aliphatic carbocycles. The SMILES string of the molecule is CCCN(CC1CCCCN1)C(=O)Cn1ccnn1. The summed E-state index contributed by atoms with van der Waals surface area (Å²) in [5.41, 5.74) is 0. The molecule has 1 aromatic rings. The van der Waals surface area contributed by atoms with Crippen molar-refractivity contribution in [2.45, 2.75) is 45.2 Å². The van der Waals surface area contributed by atoms with Gasteiger partial charge >= 0.3 is 0 Å². The molecule has 2 rings (SSSR count). The van der Waals surface area contributed by atoms with E-state index in [4.69, 9.17) is 0 Å². The molecule has 2 heterocycles. The Morgan fingerprint density at radius 3 is 3.05 bits per heavy atom. The van der Waals surface area contributed by atoms with Gasteiger partial charge < -0.3 is 10.2 Å². The molecule has 1 amide bonds. The molecule has 1 aromatic heterocycles. The van der Waals surface area contributed by atoms with Crippen LogP contribution in [0.25, 0.3) is 0 Å². The van der Waals surface area contributed by atoms with Gasteiger partial charge in [0, 0.05) is 25.3 Å². The average Bonchev–Trinajstić information content (AvgIpc) is 2.92. The number of aromatic nitrogens is 3. The molecule has 1 aliphatic heterocycles. The highest BCUT2D eigenvalue weighted by atomic mass is 16.2. The predicted octanol–water partition coefficient (Wildman–Crippen LogP) is 0.659. The van der Waals surface area contributed by atoms with E-state index in [1.165, 1.54) is 12.8 Å². The largest absolute Gasteiger partial charge is 0.340 e. The number of amides is 1. The van der Waals surface area contributed by atoms with Crippen molar-refractivity contribution in [3.8, 4) is 0 Å². The first-order chi connectivity index (χ1) is 9.29. The number of carbonyl (C=O) groups is 1. The summed E-state index contributed by atoms with van der Waals surface area (Å²) in [6.45, 7) is 5.08. The highest BCUT2D eigenvalue weighted by Crippen LogP contribution is 2.09. The molecule has 0 aromatic carbocycles. The van der Waals surface area contributed by atoms with E-state index in [-0.39, 0.29) is 12.5 Å². The Bertz CT molecular complexity index is 372. The van der Waals surface area contributed by atoms with E-state index in [1.807, 2.05) is 4.90 Å². The zero-order valence-electron chi connectivity index (χ0n) is 11.6. The molecule has 0 radical (unpaired) electrons. The summed E-state index contributed by atoms with van der Waals surface area (Å²) in [6.07, 6.45) is 7.97. The lowest BCUT2D eigenvalue weighted by molar-refractivity contribution is -0.132. The topological polar surface area (TPSA) is 63.1 Å². The molecule has 1 N–H and O–H groups in total. The van der Waals surface area contributed by atoms with E-state index >= 15 is 0 Å². The maximum absolute atomic E-state index is 12.3. The van der Waals surface area contributed by atoms with Crippen LogP contribution >= 0.6 is 0 Å². The maximum Gasteiger partial charge on any atom is 0.244 e. The van der Waals surface area contributed by atoms with E-state index in [0.29, 0.717) is 6.04 Å². The van der Waals surface area contributed by atoms with Gasteiger partial charge in [-0.2, -0.15) is 0 Å². The van der Waals surface area contributed by atoms with Crippen LogP contribution < -0.4 is 5.32 Å². The number of nitrogens with one attached hydrogen (secondary N) is 1. The first-order valence-electron chi connectivity index (χ1n) is 7.15. The molecule has 0 bridgehead atoms. The zero-order valence-corrected chi connectivity index (χ0v) is 11.6. The standard InChI is InChI=1S/C13H23N5O/c1-2-8-17(10-12-5-3-4-6-14-12)13(19)11-18-9-7-15-16-18/h7,9,12,14H,2-6,8,10-11H2,1H3. The fraction of sp³-hybridized carbons (Fsp3) is 0.769. The van der Waals surface area contributed by atoms with Crippen LogP contribution in [0.15, 0.2) is 12.4 Å². The minimum atomic E-state index is 0.125. The van der Waals surface area contributed by atoms with Gasteiger partial charge in [0.15, 0.2) is 0 Å². The molecule has 1 saturated heterocycles. The lowest BCUT2D eigenvalue weighted by Gasteiger charge is -2.30. The Hall–Kier alpha value is -1.43. The van der Waals surface area contributed by atoms with Crippen molar-refractivity contribution >= 4 is 5.91 Å². The van der Waals surface area contributed by atoms with Crippen LogP contribution in [0.1, 0.15) is 32.6 Å². The number of hydrogen-bond donors (Lipinski definition) is 1. The molecule has 1 fully saturated rings. The van der Waals surface area contributed by atoms with E-state index in [9.17, 15) is 4.79 Å². The van der Waals surface area contributed by atoms with E-state index in [1.54, 1.807) is 17.1 Å². The van der Waals surface area contributed by atoms with Crippen LogP contribution in [0.5, 0.6) is 0 Å². The second-order valence-electron chi connectivity index (χ2n) is 5.09. The summed E-state index contributed by atoms with van der Waals surface area (Å²) in [5.74, 6) is 0.125. The van der Waals surface area contributed by atoms with Crippen molar-refractivity contribution in [1.29, 1.82) is 0 Å². The first-order valence-corrected chi connectivity index (χ1v) is 7.15. The van der Waals surface area contributed by atoms with Gasteiger partial charge in [0.05, 0.1) is 6.20 Å². The molecule has 106 valence electrons. The van der Waals surface area contributed by atoms with Crippen molar-refractivity contribution in [1.82, 2.24) is 25.2 Å². The van der Waals surface area contributed by atoms with Crippen molar-refractivity contribution in [3.63, 3.8) is 0 Å². The summed E-state index contributed by atoms with van der Waals surface area (Å²) in [5, 5.41) is 11.1. The predicted molar refractivity (Wildman–Crippen MR) is 72.5 cm³/mol. The summed E-state index contributed by atoms with van der Waals surface area (Å²) in [7, 11) is 0. The number of rotatable bonds is 6. The van der Waals surface area contributed by atoms with Gasteiger partial charge in [-0.25, -0.2) is 4.68 Å². The lowest BCUT2D eigenvalue weighted by atomic mass is 10.0. The van der Waals surface area contributed by atoms with Crippen LogP contribution in [-0.2, 0) is 11.3 Å². The molecule has 19 heavy (non-hydrogen) atoms. The fourth-order valence-electron chi connectivity index (χ4n) is 2.49. The van der Waals surface area contributed by atoms with Gasteiger partial charge in [-0.15, -0.1) is 5.10 Å². The van der Waals surface area contributed by atoms with Crippen molar-refractivity contribution in [2.75, 3.05) is 19.6 Å². The molecule has 0 spiro atoms. The second-order valence-corrected chi connectivity index (χ2v) is 5.09. The number of carbonyl (C=O) groups excluding carboxylic acids is 1. The van der Waals surface area contributed by atoms with Gasteiger partial charge in [0.1, 0.15) is 6.54 Å². The van der Waals surface area contributed by atoms with Gasteiger partial charge in [-0.3, -0.25) is 4.79 Å². The van der Waals surface area contributed by atoms with Crippen LogP contribution in [0.4, 0.5) is 0 Å². The van der Waals surface area contributed by atoms with Crippen LogP contribution in [0.3, 0.4) is 0 Å². The first kappa shape index (κ1) is 14.0. The molecule has 1 unspecified atom stereocenters. The Morgan fingerprint density at radius 2 is 2.42 bits per heavy atom. The van der Waals surface area contributed by atoms with E-state index in [2.05, 4.69) is 22.6 Å². The summed E-state index contributed by atoms with van der Waals surface area (Å²) < 4.78 is 1.58. The summed E-state index contributed by atoms with van der Waals surface area (Å²) >= 11 is 0. The third-order valence-corrected chi connectivity index (χ3v) is 3.47. The third-order valence-electron chi connectivity index (χ3n) is 3.47. The number of nitrogens with zero attached hydrogens (tertiary/aromatic N) is 4. The highest BCUT2D eigenvalue weighted by molar-refractivity contribution is 5.75. The van der Waals surface area contributed by atoms with Gasteiger partial charge in [0.2, 0.25) is 5.91 Å². The van der Waals surface area contributed by atoms with E-state index in [0.717, 1.165) is 32.5 Å². The number of piperidine rings is 1. The number of hydrogen-bond acceptors (Lipinski definition) is 4. The highest BCUT2D eigenvalue weighted by Gasteiger charge is 2.20. The Morgan fingerprint density at radius 1 is 1.53 bits per heavy atom. The molecular weight excluding hydrogens is 242 g/mol. The molecule has 6 nitrogen and oxygen atoms in total. The third kappa shape index (κ3) is 4.31. The summed E-state index contributed by atoms with van der Waals surface area (Å²) in [4.78, 5) is 14.2. The monoisotopic (exact) mass is 265 g/mol. The van der Waals surface area contributed by atoms with Crippen molar-refractivity contribution in [2.24, 2.45) is 0 Å². The molecule has 1 atom stereocenters. The summed E-state index contributed by atoms with van der Waals surface area (Å²) in [6, 6.07) is 0.444. The van der Waals surface area contributed by atoms with Gasteiger partial charge in [-0.1, -0.05) is 18.6 Å². The Labute approximate surface area is 114 Å². The average molecular weight is 265 g/mol. The molecule has 6 heteroatoms. The molecule has 1 aliphatic rings. The normalized spacial score (nSPS) is 19.3. The smallest absolute Gasteiger partial charge is 0.244 e. The zero-order chi connectivity index (χ0) is 13.5. The van der Waals surface area contributed by atoms with E-state index < -0.39 is 0 Å². The van der Waals surface area contributed by atoms with Crippen LogP contribution in [-0.4, -0.2) is 51.5 Å². The minimum Gasteiger partial charge on any atom is -0.340 e. The molecule has 0 saturated carbocycles. The van der Waals surface area contributed by atoms with Crippen LogP contribution in [0.2, 0.25) is 0 Å². The second kappa shape index (κ2) is 7.23. The van der Waals surface area contributed by atoms with Gasteiger partial charge in [-0.05, 0) is 25.8 Å². The molecular formula is C13H23N5O. The van der Waals surface area contributed by atoms with Gasteiger partial charge in [0.25, 0.3) is 0 Å². The van der Waals surface area contributed by atoms with Crippen molar-refractivity contribution in [3.05, 3.63) is 12.4 Å². The Kier molecular flexibility index (Phi) is 5.32. The van der Waals surface area contributed by atoms with Crippen molar-refractivity contribution < 1.29 is 4.79 Å². The lowest BCUT2D eigenvalue weighted by Crippen LogP contribution is -2.46. The van der Waals surface area contributed by atoms with Crippen LogP contribution in [0, 0.1) is 0 Å². The minimum absolute atomic E-state index is 0.125. The Balaban J connectivity index is 1.88. The quantitative estimate of drug-likeness (QED) is 0.820.